The standard InChI is InChI=1S/C6H7O3P.K.H/c7-10(8,9)6-4-2-1-3-5-6;;/h1-5H,(H2,7,8,9);;. The molecule has 56 valence electrons. The molecule has 0 atom stereocenters. The summed E-state index contributed by atoms with van der Waals surface area (Å²) in [6, 6.07) is 7.70. The van der Waals surface area contributed by atoms with E-state index >= 15 is 0 Å². The molecule has 0 unspecified atom stereocenters. The average molecular weight is 198 g/mol. The van der Waals surface area contributed by atoms with Gasteiger partial charge in [-0.25, -0.2) is 0 Å². The van der Waals surface area contributed by atoms with Gasteiger partial charge in [-0.1, -0.05) is 18.2 Å². The van der Waals surface area contributed by atoms with E-state index in [9.17, 15) is 4.57 Å². The molecule has 1 aromatic rings. The van der Waals surface area contributed by atoms with Crippen molar-refractivity contribution in [2.24, 2.45) is 0 Å². The first-order valence-corrected chi connectivity index (χ1v) is 4.33. The summed E-state index contributed by atoms with van der Waals surface area (Å²) in [4.78, 5) is 17.2. The Morgan fingerprint density at radius 2 is 1.55 bits per heavy atom. The molecule has 11 heavy (non-hydrogen) atoms. The van der Waals surface area contributed by atoms with Crippen LogP contribution in [0, 0.1) is 0 Å². The molecule has 0 spiro atoms. The number of hydrogen-bond acceptors (Lipinski definition) is 1. The molecule has 3 nitrogen and oxygen atoms in total. The molecular weight excluding hydrogens is 190 g/mol. The van der Waals surface area contributed by atoms with Crippen LogP contribution in [0.1, 0.15) is 0 Å². The van der Waals surface area contributed by atoms with Crippen molar-refractivity contribution in [2.45, 2.75) is 0 Å². The van der Waals surface area contributed by atoms with E-state index in [1.807, 2.05) is 0 Å². The predicted octanol–water partition coefficient (Wildman–Crippen LogP) is -0.159. The quantitative estimate of drug-likeness (QED) is 0.487. The van der Waals surface area contributed by atoms with E-state index in [-0.39, 0.29) is 56.7 Å². The third-order valence-corrected chi connectivity index (χ3v) is 2.06. The molecule has 0 aliphatic heterocycles. The van der Waals surface area contributed by atoms with Gasteiger partial charge in [0.2, 0.25) is 0 Å². The Bertz CT molecular complexity index is 256. The van der Waals surface area contributed by atoms with Gasteiger partial charge >= 0.3 is 59.0 Å². The van der Waals surface area contributed by atoms with Crippen LogP contribution in [0.2, 0.25) is 0 Å². The SMILES string of the molecule is O=P(O)(O)c1ccccc1.[KH]. The zero-order valence-electron chi connectivity index (χ0n) is 5.14. The average Bonchev–Trinajstić information content (AvgIpc) is 1.88. The summed E-state index contributed by atoms with van der Waals surface area (Å²) in [5, 5.41) is 0.0648. The molecule has 0 aliphatic carbocycles. The molecule has 0 heterocycles. The van der Waals surface area contributed by atoms with E-state index < -0.39 is 7.60 Å². The van der Waals surface area contributed by atoms with Gasteiger partial charge in [-0.15, -0.1) is 0 Å². The molecule has 0 saturated heterocycles. The second-order valence-electron chi connectivity index (χ2n) is 1.88. The normalized spacial score (nSPS) is 10.4. The molecule has 0 fully saturated rings. The second-order valence-corrected chi connectivity index (χ2v) is 3.48. The zero-order valence-corrected chi connectivity index (χ0v) is 6.03. The monoisotopic (exact) mass is 198 g/mol. The Morgan fingerprint density at radius 1 is 1.09 bits per heavy atom. The van der Waals surface area contributed by atoms with Gasteiger partial charge in [-0.3, -0.25) is 4.57 Å². The summed E-state index contributed by atoms with van der Waals surface area (Å²) < 4.78 is 10.5. The number of hydrogen-bond donors (Lipinski definition) is 2. The topological polar surface area (TPSA) is 57.5 Å². The Hall–Kier alpha value is 1.01. The van der Waals surface area contributed by atoms with Gasteiger partial charge in [0.05, 0.1) is 5.30 Å². The van der Waals surface area contributed by atoms with Gasteiger partial charge in [-0.05, 0) is 12.1 Å². The molecule has 0 aliphatic rings. The third-order valence-electron chi connectivity index (χ3n) is 1.09. The summed E-state index contributed by atoms with van der Waals surface area (Å²) in [5.41, 5.74) is 0. The van der Waals surface area contributed by atoms with E-state index in [1.165, 1.54) is 12.1 Å². The number of rotatable bonds is 1. The van der Waals surface area contributed by atoms with E-state index in [0.717, 1.165) is 0 Å². The van der Waals surface area contributed by atoms with E-state index in [2.05, 4.69) is 0 Å². The van der Waals surface area contributed by atoms with E-state index in [4.69, 9.17) is 9.79 Å². The van der Waals surface area contributed by atoms with Crippen molar-refractivity contribution in [1.82, 2.24) is 0 Å². The van der Waals surface area contributed by atoms with Crippen LogP contribution in [0.4, 0.5) is 0 Å². The predicted molar refractivity (Wildman–Crippen MR) is 45.3 cm³/mol. The van der Waals surface area contributed by atoms with Crippen LogP contribution >= 0.6 is 7.60 Å². The van der Waals surface area contributed by atoms with Crippen LogP contribution in [0.3, 0.4) is 0 Å². The molecule has 0 amide bonds. The van der Waals surface area contributed by atoms with Gasteiger partial charge in [0, 0.05) is 0 Å². The van der Waals surface area contributed by atoms with Crippen molar-refractivity contribution >= 4 is 64.3 Å². The maximum atomic E-state index is 10.5. The minimum absolute atomic E-state index is 0. The first-order chi connectivity index (χ1) is 4.61. The van der Waals surface area contributed by atoms with Crippen LogP contribution in [-0.4, -0.2) is 61.2 Å². The third kappa shape index (κ3) is 3.96. The summed E-state index contributed by atoms with van der Waals surface area (Å²) in [6.07, 6.45) is 0. The Labute approximate surface area is 107 Å². The van der Waals surface area contributed by atoms with Crippen LogP contribution in [0.25, 0.3) is 0 Å². The summed E-state index contributed by atoms with van der Waals surface area (Å²) in [7, 11) is -4.02. The van der Waals surface area contributed by atoms with Crippen molar-refractivity contribution in [3.05, 3.63) is 30.3 Å². The van der Waals surface area contributed by atoms with Gasteiger partial charge in [0.25, 0.3) is 0 Å². The van der Waals surface area contributed by atoms with E-state index in [1.54, 1.807) is 18.2 Å². The molecule has 0 bridgehead atoms. The fourth-order valence-corrected chi connectivity index (χ4v) is 1.18. The molecule has 1 rings (SSSR count). The zero-order chi connectivity index (χ0) is 7.61. The Morgan fingerprint density at radius 3 is 1.82 bits per heavy atom. The maximum absolute atomic E-state index is 10.5. The molecule has 2 N–H and O–H groups in total. The minimum atomic E-state index is -4.02. The van der Waals surface area contributed by atoms with Crippen LogP contribution < -0.4 is 5.30 Å². The first-order valence-electron chi connectivity index (χ1n) is 2.72. The molecule has 0 saturated carbocycles. The van der Waals surface area contributed by atoms with Crippen molar-refractivity contribution < 1.29 is 14.4 Å². The Kier molecular flexibility index (Phi) is 5.34. The Balaban J connectivity index is 0.000001000. The summed E-state index contributed by atoms with van der Waals surface area (Å²) in [5.74, 6) is 0. The van der Waals surface area contributed by atoms with Crippen molar-refractivity contribution in [3.63, 3.8) is 0 Å². The van der Waals surface area contributed by atoms with Crippen LogP contribution in [0.15, 0.2) is 30.3 Å². The van der Waals surface area contributed by atoms with Gasteiger partial charge in [0.15, 0.2) is 0 Å². The van der Waals surface area contributed by atoms with Crippen molar-refractivity contribution in [3.8, 4) is 0 Å². The summed E-state index contributed by atoms with van der Waals surface area (Å²) >= 11 is 0. The molecule has 0 radical (unpaired) electrons. The molecular formula is C6H8KO3P. The second kappa shape index (κ2) is 4.89. The van der Waals surface area contributed by atoms with Gasteiger partial charge in [-0.2, -0.15) is 0 Å². The fraction of sp³-hybridized carbons (Fsp3) is 0. The summed E-state index contributed by atoms with van der Waals surface area (Å²) in [6.45, 7) is 0. The van der Waals surface area contributed by atoms with E-state index in [0.29, 0.717) is 0 Å². The molecule has 5 heteroatoms. The molecule has 1 aromatic carbocycles. The number of benzene rings is 1. The van der Waals surface area contributed by atoms with Crippen molar-refractivity contribution in [2.75, 3.05) is 0 Å². The van der Waals surface area contributed by atoms with Gasteiger partial charge in [0.1, 0.15) is 0 Å². The van der Waals surface area contributed by atoms with Crippen LogP contribution in [0.5, 0.6) is 0 Å². The van der Waals surface area contributed by atoms with Crippen molar-refractivity contribution in [1.29, 1.82) is 0 Å². The molecule has 0 aromatic heterocycles. The van der Waals surface area contributed by atoms with Gasteiger partial charge < -0.3 is 9.79 Å². The fourth-order valence-electron chi connectivity index (χ4n) is 0.622. The van der Waals surface area contributed by atoms with Crippen LogP contribution in [-0.2, 0) is 4.57 Å². The first kappa shape index (κ1) is 12.0.